The third kappa shape index (κ3) is 4.49. The van der Waals surface area contributed by atoms with E-state index in [0.29, 0.717) is 17.5 Å². The molecule has 0 spiro atoms. The topological polar surface area (TPSA) is 52.1 Å². The predicted octanol–water partition coefficient (Wildman–Crippen LogP) is 2.85. The molecule has 0 unspecified atom stereocenters. The van der Waals surface area contributed by atoms with Crippen LogP contribution in [0.5, 0.6) is 0 Å². The van der Waals surface area contributed by atoms with Crippen LogP contribution < -0.4 is 0 Å². The van der Waals surface area contributed by atoms with Crippen LogP contribution in [0.3, 0.4) is 0 Å². The molecule has 90 valence electrons. The molecule has 0 aliphatic heterocycles. The Morgan fingerprint density at radius 3 is 2.88 bits per heavy atom. The monoisotopic (exact) mass is 260 g/mol. The van der Waals surface area contributed by atoms with Gasteiger partial charge in [0, 0.05) is 5.75 Å². The van der Waals surface area contributed by atoms with E-state index in [9.17, 15) is 4.79 Å². The van der Waals surface area contributed by atoms with E-state index in [2.05, 4.69) is 24.0 Å². The molecular formula is C10H16N2O2S2. The smallest absolute Gasteiger partial charge is 0.369 e. The molecule has 4 nitrogen and oxygen atoms in total. The largest absolute Gasteiger partial charge is 0.461 e. The number of carbonyl (C=O) groups excluding carboxylic acids is 1. The number of hydrogen-bond acceptors (Lipinski definition) is 6. The molecule has 6 heteroatoms. The van der Waals surface area contributed by atoms with Gasteiger partial charge in [0.2, 0.25) is 5.01 Å². The van der Waals surface area contributed by atoms with Crippen molar-refractivity contribution in [1.82, 2.24) is 10.2 Å². The molecule has 0 radical (unpaired) electrons. The van der Waals surface area contributed by atoms with Gasteiger partial charge >= 0.3 is 5.97 Å². The molecule has 0 bridgehead atoms. The van der Waals surface area contributed by atoms with Crippen molar-refractivity contribution in [3.63, 3.8) is 0 Å². The van der Waals surface area contributed by atoms with Crippen molar-refractivity contribution >= 4 is 29.1 Å². The number of esters is 1. The molecule has 0 saturated heterocycles. The van der Waals surface area contributed by atoms with Gasteiger partial charge in [-0.05, 0) is 19.3 Å². The number of nitrogens with zero attached hydrogens (tertiary/aromatic N) is 2. The van der Waals surface area contributed by atoms with Crippen molar-refractivity contribution in [2.45, 2.75) is 31.5 Å². The lowest BCUT2D eigenvalue weighted by molar-refractivity contribution is 0.0525. The van der Waals surface area contributed by atoms with Gasteiger partial charge in [-0.15, -0.1) is 10.2 Å². The van der Waals surface area contributed by atoms with Gasteiger partial charge in [0.15, 0.2) is 4.34 Å². The number of aromatic nitrogens is 2. The van der Waals surface area contributed by atoms with E-state index in [1.54, 1.807) is 18.7 Å². The average molecular weight is 260 g/mol. The minimum absolute atomic E-state index is 0.342. The highest BCUT2D eigenvalue weighted by molar-refractivity contribution is 8.01. The molecule has 1 aromatic heterocycles. The summed E-state index contributed by atoms with van der Waals surface area (Å²) < 4.78 is 5.68. The van der Waals surface area contributed by atoms with Gasteiger partial charge in [-0.3, -0.25) is 0 Å². The summed E-state index contributed by atoms with van der Waals surface area (Å²) in [6.07, 6.45) is 1.14. The third-order valence-corrected chi connectivity index (χ3v) is 3.85. The molecule has 0 N–H and O–H groups in total. The summed E-state index contributed by atoms with van der Waals surface area (Å²) in [5, 5.41) is 8.09. The number of ether oxygens (including phenoxy) is 1. The highest BCUT2D eigenvalue weighted by Crippen LogP contribution is 2.24. The first-order valence-corrected chi connectivity index (χ1v) is 7.07. The van der Waals surface area contributed by atoms with Crippen LogP contribution in [0.15, 0.2) is 4.34 Å². The first-order chi connectivity index (χ1) is 7.63. The standard InChI is InChI=1S/C10H16N2O2S2/c1-4-14-9(13)8-11-12-10(16-8)15-6-5-7(2)3/h7H,4-6H2,1-3H3. The van der Waals surface area contributed by atoms with Crippen molar-refractivity contribution in [2.24, 2.45) is 5.92 Å². The fourth-order valence-electron chi connectivity index (χ4n) is 0.925. The van der Waals surface area contributed by atoms with Gasteiger partial charge < -0.3 is 4.74 Å². The van der Waals surface area contributed by atoms with Crippen molar-refractivity contribution in [3.05, 3.63) is 5.01 Å². The van der Waals surface area contributed by atoms with E-state index in [1.807, 2.05) is 0 Å². The highest BCUT2D eigenvalue weighted by Gasteiger charge is 2.13. The van der Waals surface area contributed by atoms with Gasteiger partial charge in [0.25, 0.3) is 0 Å². The molecule has 0 saturated carbocycles. The van der Waals surface area contributed by atoms with E-state index < -0.39 is 0 Å². The molecule has 0 aliphatic rings. The molecule has 1 heterocycles. The molecule has 0 fully saturated rings. The lowest BCUT2D eigenvalue weighted by atomic mass is 10.2. The Kier molecular flexibility index (Phi) is 5.76. The third-order valence-electron chi connectivity index (χ3n) is 1.78. The van der Waals surface area contributed by atoms with Gasteiger partial charge in [-0.2, -0.15) is 0 Å². The van der Waals surface area contributed by atoms with Crippen LogP contribution in [-0.2, 0) is 4.74 Å². The average Bonchev–Trinajstić information content (AvgIpc) is 2.66. The Hall–Kier alpha value is -0.620. The number of rotatable bonds is 6. The summed E-state index contributed by atoms with van der Waals surface area (Å²) in [6, 6.07) is 0. The van der Waals surface area contributed by atoms with E-state index in [-0.39, 0.29) is 5.97 Å². The minimum atomic E-state index is -0.379. The molecule has 16 heavy (non-hydrogen) atoms. The van der Waals surface area contributed by atoms with Gasteiger partial charge in [-0.25, -0.2) is 4.79 Å². The Morgan fingerprint density at radius 2 is 2.25 bits per heavy atom. The Labute approximate surface area is 104 Å². The zero-order valence-electron chi connectivity index (χ0n) is 9.73. The molecule has 1 aromatic rings. The fourth-order valence-corrected chi connectivity index (χ4v) is 2.98. The fraction of sp³-hybridized carbons (Fsp3) is 0.700. The zero-order chi connectivity index (χ0) is 12.0. The second-order valence-electron chi connectivity index (χ2n) is 3.62. The maximum atomic E-state index is 11.3. The number of thioether (sulfide) groups is 1. The first kappa shape index (κ1) is 13.4. The molecular weight excluding hydrogens is 244 g/mol. The van der Waals surface area contributed by atoms with Crippen LogP contribution >= 0.6 is 23.1 Å². The van der Waals surface area contributed by atoms with E-state index in [0.717, 1.165) is 16.5 Å². The van der Waals surface area contributed by atoms with Crippen LogP contribution in [0.4, 0.5) is 0 Å². The minimum Gasteiger partial charge on any atom is -0.461 e. The molecule has 1 rings (SSSR count). The summed E-state index contributed by atoms with van der Waals surface area (Å²) >= 11 is 2.94. The zero-order valence-corrected chi connectivity index (χ0v) is 11.4. The second-order valence-corrected chi connectivity index (χ2v) is 5.94. The maximum Gasteiger partial charge on any atom is 0.369 e. The summed E-state index contributed by atoms with van der Waals surface area (Å²) in [5.74, 6) is 1.32. The Bertz CT molecular complexity index is 339. The van der Waals surface area contributed by atoms with Gasteiger partial charge in [-0.1, -0.05) is 36.9 Å². The van der Waals surface area contributed by atoms with Crippen molar-refractivity contribution in [3.8, 4) is 0 Å². The van der Waals surface area contributed by atoms with Gasteiger partial charge in [0.05, 0.1) is 6.61 Å². The van der Waals surface area contributed by atoms with Crippen LogP contribution in [0.2, 0.25) is 0 Å². The quantitative estimate of drug-likeness (QED) is 0.581. The second kappa shape index (κ2) is 6.85. The van der Waals surface area contributed by atoms with E-state index >= 15 is 0 Å². The molecule has 0 aromatic carbocycles. The first-order valence-electron chi connectivity index (χ1n) is 5.27. The van der Waals surface area contributed by atoms with Crippen LogP contribution in [-0.4, -0.2) is 28.5 Å². The Balaban J connectivity index is 2.42. The Morgan fingerprint density at radius 1 is 1.50 bits per heavy atom. The molecule has 0 amide bonds. The summed E-state index contributed by atoms with van der Waals surface area (Å²) in [5.41, 5.74) is 0. The molecule has 0 aliphatic carbocycles. The van der Waals surface area contributed by atoms with Gasteiger partial charge in [0.1, 0.15) is 0 Å². The molecule has 0 atom stereocenters. The summed E-state index contributed by atoms with van der Waals surface area (Å²) in [4.78, 5) is 11.3. The van der Waals surface area contributed by atoms with Crippen molar-refractivity contribution in [1.29, 1.82) is 0 Å². The predicted molar refractivity (Wildman–Crippen MR) is 66.0 cm³/mol. The maximum absolute atomic E-state index is 11.3. The summed E-state index contributed by atoms with van der Waals surface area (Å²) in [6.45, 7) is 6.51. The van der Waals surface area contributed by atoms with Crippen LogP contribution in [0.25, 0.3) is 0 Å². The lowest BCUT2D eigenvalue weighted by Crippen LogP contribution is -2.03. The SMILES string of the molecule is CCOC(=O)c1nnc(SCCC(C)C)s1. The van der Waals surface area contributed by atoms with Crippen molar-refractivity contribution in [2.75, 3.05) is 12.4 Å². The van der Waals surface area contributed by atoms with E-state index in [4.69, 9.17) is 4.74 Å². The summed E-state index contributed by atoms with van der Waals surface area (Å²) in [7, 11) is 0. The number of carbonyl (C=O) groups is 1. The van der Waals surface area contributed by atoms with Crippen LogP contribution in [0.1, 0.15) is 37.0 Å². The van der Waals surface area contributed by atoms with Crippen molar-refractivity contribution < 1.29 is 9.53 Å². The highest BCUT2D eigenvalue weighted by atomic mass is 32.2. The van der Waals surface area contributed by atoms with Crippen LogP contribution in [0, 0.1) is 5.92 Å². The lowest BCUT2D eigenvalue weighted by Gasteiger charge is -2.00. The normalized spacial score (nSPS) is 10.8. The number of hydrogen-bond donors (Lipinski definition) is 0. The van der Waals surface area contributed by atoms with E-state index in [1.165, 1.54) is 11.3 Å².